The molecular formula is C12H12ClN5O6. The van der Waals surface area contributed by atoms with E-state index in [9.17, 15) is 24.8 Å². The molecule has 0 aromatic carbocycles. The number of ether oxygens (including phenoxy) is 1. The number of hydrogen-bond donors (Lipinski definition) is 2. The van der Waals surface area contributed by atoms with Gasteiger partial charge in [-0.2, -0.15) is 0 Å². The van der Waals surface area contributed by atoms with Crippen LogP contribution in [0.1, 0.15) is 18.7 Å². The fraction of sp³-hybridized carbons (Fsp3) is 0.417. The van der Waals surface area contributed by atoms with Crippen molar-refractivity contribution in [2.24, 2.45) is 0 Å². The number of rotatable bonds is 4. The number of aromatic amines is 1. The highest BCUT2D eigenvalue weighted by Gasteiger charge is 2.38. The van der Waals surface area contributed by atoms with Gasteiger partial charge in [0.25, 0.3) is 5.56 Å². The molecule has 1 aliphatic heterocycles. The van der Waals surface area contributed by atoms with Crippen molar-refractivity contribution >= 4 is 17.4 Å². The number of aromatic nitrogens is 4. The predicted molar refractivity (Wildman–Crippen MR) is 79.9 cm³/mol. The molecule has 0 spiro atoms. The molecule has 2 aromatic rings. The molecule has 1 fully saturated rings. The maximum Gasteiger partial charge on any atom is 0.381 e. The van der Waals surface area contributed by atoms with Crippen LogP contribution in [-0.2, 0) is 4.74 Å². The largest absolute Gasteiger partial charge is 0.394 e. The summed E-state index contributed by atoms with van der Waals surface area (Å²) in [7, 11) is 0. The van der Waals surface area contributed by atoms with Gasteiger partial charge in [-0.25, -0.2) is 4.79 Å². The Morgan fingerprint density at radius 1 is 1.50 bits per heavy atom. The van der Waals surface area contributed by atoms with E-state index in [1.807, 2.05) is 0 Å². The minimum absolute atomic E-state index is 0.180. The SMILES string of the molecule is O=c1[nH]c(=O)n([C@H]2CC(n3cnc([N+](=O)[O-])c3)[C@@H](CO)O2)cc1Cl. The lowest BCUT2D eigenvalue weighted by Crippen LogP contribution is -2.32. The van der Waals surface area contributed by atoms with E-state index in [1.165, 1.54) is 17.1 Å². The zero-order chi connectivity index (χ0) is 17.4. The van der Waals surface area contributed by atoms with Crippen molar-refractivity contribution in [2.45, 2.75) is 24.8 Å². The molecule has 3 rings (SSSR count). The van der Waals surface area contributed by atoms with Crippen molar-refractivity contribution in [3.05, 3.63) is 54.7 Å². The van der Waals surface area contributed by atoms with Crippen LogP contribution in [0.4, 0.5) is 5.82 Å². The average Bonchev–Trinajstić information content (AvgIpc) is 3.17. The van der Waals surface area contributed by atoms with Crippen LogP contribution in [0.15, 0.2) is 28.3 Å². The molecule has 128 valence electrons. The molecule has 0 radical (unpaired) electrons. The first-order chi connectivity index (χ1) is 11.4. The normalized spacial score (nSPS) is 23.5. The van der Waals surface area contributed by atoms with Crippen LogP contribution in [0, 0.1) is 10.1 Å². The molecule has 0 bridgehead atoms. The summed E-state index contributed by atoms with van der Waals surface area (Å²) in [5.74, 6) is -0.334. The monoisotopic (exact) mass is 357 g/mol. The summed E-state index contributed by atoms with van der Waals surface area (Å²) in [4.78, 5) is 39.1. The van der Waals surface area contributed by atoms with Gasteiger partial charge in [0.05, 0.1) is 12.6 Å². The van der Waals surface area contributed by atoms with Crippen molar-refractivity contribution in [3.8, 4) is 0 Å². The second-order valence-corrected chi connectivity index (χ2v) is 5.60. The van der Waals surface area contributed by atoms with Gasteiger partial charge in [-0.1, -0.05) is 11.6 Å². The Morgan fingerprint density at radius 2 is 2.25 bits per heavy atom. The number of nitrogens with one attached hydrogen (secondary N) is 1. The van der Waals surface area contributed by atoms with Gasteiger partial charge >= 0.3 is 11.5 Å². The highest BCUT2D eigenvalue weighted by atomic mass is 35.5. The summed E-state index contributed by atoms with van der Waals surface area (Å²) < 4.78 is 8.19. The van der Waals surface area contributed by atoms with Gasteiger partial charge in [-0.15, -0.1) is 0 Å². The number of aliphatic hydroxyl groups excluding tert-OH is 1. The molecule has 24 heavy (non-hydrogen) atoms. The topological polar surface area (TPSA) is 145 Å². The van der Waals surface area contributed by atoms with Gasteiger partial charge in [0, 0.05) is 12.6 Å². The molecule has 0 saturated carbocycles. The second kappa shape index (κ2) is 6.19. The lowest BCUT2D eigenvalue weighted by Gasteiger charge is -2.15. The van der Waals surface area contributed by atoms with E-state index in [4.69, 9.17) is 16.3 Å². The Bertz CT molecular complexity index is 889. The fourth-order valence-electron chi connectivity index (χ4n) is 2.64. The number of aliphatic hydroxyl groups is 1. The lowest BCUT2D eigenvalue weighted by molar-refractivity contribution is -0.389. The molecule has 1 unspecified atom stereocenters. The number of nitro groups is 1. The van der Waals surface area contributed by atoms with Crippen molar-refractivity contribution in [1.29, 1.82) is 0 Å². The molecule has 12 heteroatoms. The van der Waals surface area contributed by atoms with Gasteiger partial charge in [-0.3, -0.25) is 14.3 Å². The first kappa shape index (κ1) is 16.4. The van der Waals surface area contributed by atoms with Crippen LogP contribution < -0.4 is 11.2 Å². The van der Waals surface area contributed by atoms with Gasteiger partial charge in [0.2, 0.25) is 6.33 Å². The Morgan fingerprint density at radius 3 is 2.88 bits per heavy atom. The third kappa shape index (κ3) is 2.84. The molecule has 1 aliphatic rings. The van der Waals surface area contributed by atoms with Gasteiger partial charge in [0.15, 0.2) is 0 Å². The van der Waals surface area contributed by atoms with Gasteiger partial charge < -0.3 is 24.5 Å². The van der Waals surface area contributed by atoms with Crippen molar-refractivity contribution in [2.75, 3.05) is 6.61 Å². The zero-order valence-corrected chi connectivity index (χ0v) is 12.8. The minimum atomic E-state index is -0.796. The van der Waals surface area contributed by atoms with Crippen LogP contribution >= 0.6 is 11.6 Å². The maximum atomic E-state index is 11.9. The van der Waals surface area contributed by atoms with Gasteiger partial charge in [-0.05, 0) is 9.91 Å². The van der Waals surface area contributed by atoms with Gasteiger partial charge in [0.1, 0.15) is 23.6 Å². The Hall–Kier alpha value is -2.50. The summed E-state index contributed by atoms with van der Waals surface area (Å²) in [5.41, 5.74) is -1.42. The summed E-state index contributed by atoms with van der Waals surface area (Å²) in [6, 6.07) is -0.473. The summed E-state index contributed by atoms with van der Waals surface area (Å²) in [6.45, 7) is -0.362. The van der Waals surface area contributed by atoms with Crippen LogP contribution in [0.2, 0.25) is 5.02 Å². The Balaban J connectivity index is 1.92. The average molecular weight is 358 g/mol. The predicted octanol–water partition coefficient (Wildman–Crippen LogP) is -0.184. The molecule has 0 amide bonds. The third-order valence-electron chi connectivity index (χ3n) is 3.78. The van der Waals surface area contributed by atoms with E-state index in [1.54, 1.807) is 0 Å². The van der Waals surface area contributed by atoms with Crippen molar-refractivity contribution < 1.29 is 14.8 Å². The molecule has 3 heterocycles. The smallest absolute Gasteiger partial charge is 0.381 e. The number of nitrogens with zero attached hydrogens (tertiary/aromatic N) is 4. The first-order valence-electron chi connectivity index (χ1n) is 6.86. The summed E-state index contributed by atoms with van der Waals surface area (Å²) >= 11 is 5.73. The molecule has 3 atom stereocenters. The number of halogens is 1. The molecule has 2 N–H and O–H groups in total. The zero-order valence-electron chi connectivity index (χ0n) is 12.0. The molecule has 2 aromatic heterocycles. The molecular weight excluding hydrogens is 346 g/mol. The van der Waals surface area contributed by atoms with Crippen LogP contribution in [0.3, 0.4) is 0 Å². The minimum Gasteiger partial charge on any atom is -0.394 e. The standard InChI is InChI=1S/C12H12ClN5O6/c13-6-2-17(12(21)15-11(6)20)10-1-7(8(4-19)24-10)16-3-9(14-5-16)18(22)23/h2-3,5,7-8,10,19H,1,4H2,(H,15,20,21)/t7?,8-,10-/m1/s1. The van der Waals surface area contributed by atoms with Crippen LogP contribution in [0.25, 0.3) is 0 Å². The highest BCUT2D eigenvalue weighted by Crippen LogP contribution is 2.36. The fourth-order valence-corrected chi connectivity index (χ4v) is 2.79. The Labute approximate surface area is 138 Å². The van der Waals surface area contributed by atoms with E-state index in [2.05, 4.69) is 9.97 Å². The number of imidazole rings is 1. The first-order valence-corrected chi connectivity index (χ1v) is 7.23. The van der Waals surface area contributed by atoms with E-state index in [0.717, 1.165) is 10.8 Å². The van der Waals surface area contributed by atoms with Crippen molar-refractivity contribution in [3.63, 3.8) is 0 Å². The summed E-state index contributed by atoms with van der Waals surface area (Å²) in [5, 5.41) is 20.0. The summed E-state index contributed by atoms with van der Waals surface area (Å²) in [6.07, 6.45) is 2.36. The molecule has 11 nitrogen and oxygen atoms in total. The van der Waals surface area contributed by atoms with Crippen LogP contribution in [0.5, 0.6) is 0 Å². The third-order valence-corrected chi connectivity index (χ3v) is 4.05. The number of H-pyrrole nitrogens is 1. The molecule has 1 saturated heterocycles. The van der Waals surface area contributed by atoms with Crippen molar-refractivity contribution in [1.82, 2.24) is 19.1 Å². The van der Waals surface area contributed by atoms with E-state index < -0.39 is 34.5 Å². The van der Waals surface area contributed by atoms with E-state index >= 15 is 0 Å². The van der Waals surface area contributed by atoms with E-state index in [-0.39, 0.29) is 23.9 Å². The highest BCUT2D eigenvalue weighted by molar-refractivity contribution is 6.30. The second-order valence-electron chi connectivity index (χ2n) is 5.19. The van der Waals surface area contributed by atoms with Crippen LogP contribution in [-0.4, -0.2) is 41.8 Å². The van der Waals surface area contributed by atoms with E-state index in [0.29, 0.717) is 0 Å². The Kier molecular flexibility index (Phi) is 4.22. The maximum absolute atomic E-state index is 11.9. The lowest BCUT2D eigenvalue weighted by atomic mass is 10.1. The number of hydrogen-bond acceptors (Lipinski definition) is 7. The quantitative estimate of drug-likeness (QED) is 0.569. The molecule has 0 aliphatic carbocycles.